The number of aryl methyl sites for hydroxylation is 2. The lowest BCUT2D eigenvalue weighted by Crippen LogP contribution is -2.20. The van der Waals surface area contributed by atoms with Gasteiger partial charge < -0.3 is 19.0 Å². The molecule has 2 aromatic carbocycles. The van der Waals surface area contributed by atoms with Crippen molar-refractivity contribution in [1.82, 2.24) is 9.13 Å². The second kappa shape index (κ2) is 11.7. The highest BCUT2D eigenvalue weighted by molar-refractivity contribution is 9.11. The molecule has 0 radical (unpaired) electrons. The summed E-state index contributed by atoms with van der Waals surface area (Å²) < 4.78 is 10.6. The molecule has 0 amide bonds. The maximum absolute atomic E-state index is 11.1. The van der Waals surface area contributed by atoms with E-state index in [9.17, 15) is 9.90 Å². The summed E-state index contributed by atoms with van der Waals surface area (Å²) in [7, 11) is 1.38. The van der Waals surface area contributed by atoms with Crippen LogP contribution in [0.2, 0.25) is 0 Å². The molecule has 0 aliphatic heterocycles. The summed E-state index contributed by atoms with van der Waals surface area (Å²) in [5.41, 5.74) is 2.66. The molecule has 9 heteroatoms. The number of esters is 1. The van der Waals surface area contributed by atoms with Gasteiger partial charge in [-0.05, 0) is 76.4 Å². The number of carbonyl (C=O) groups is 1. The first kappa shape index (κ1) is 27.5. The monoisotopic (exact) mass is 612 g/mol. The number of fused-ring (bicyclic) bond motifs is 2. The number of ether oxygens (including phenoxy) is 1. The van der Waals surface area contributed by atoms with Crippen molar-refractivity contribution in [1.29, 1.82) is 0 Å². The Bertz CT molecular complexity index is 1480. The average molecular weight is 614 g/mol. The number of hydrogen-bond donors (Lipinski definition) is 1. The van der Waals surface area contributed by atoms with Crippen LogP contribution < -0.4 is 0 Å². The molecule has 4 rings (SSSR count). The van der Waals surface area contributed by atoms with E-state index in [2.05, 4.69) is 50.9 Å². The predicted molar refractivity (Wildman–Crippen MR) is 149 cm³/mol. The number of benzene rings is 2. The highest BCUT2D eigenvalue weighted by atomic mass is 79.9. The molecule has 7 nitrogen and oxygen atoms in total. The molecule has 0 fully saturated rings. The Morgan fingerprint density at radius 3 is 1.83 bits per heavy atom. The van der Waals surface area contributed by atoms with Crippen LogP contribution in [0.25, 0.3) is 31.5 Å². The van der Waals surface area contributed by atoms with Crippen LogP contribution in [0.3, 0.4) is 0 Å². The third-order valence-electron chi connectivity index (χ3n) is 5.64. The largest absolute Gasteiger partial charge is 0.469 e. The van der Waals surface area contributed by atoms with Crippen molar-refractivity contribution in [3.63, 3.8) is 0 Å². The second-order valence-electron chi connectivity index (χ2n) is 8.86. The van der Waals surface area contributed by atoms with E-state index in [-0.39, 0.29) is 5.97 Å². The van der Waals surface area contributed by atoms with Crippen LogP contribution in [-0.2, 0) is 22.6 Å². The summed E-state index contributed by atoms with van der Waals surface area (Å²) in [6.07, 6.45) is 4.94. The summed E-state index contributed by atoms with van der Waals surface area (Å²) >= 11 is 6.98. The third kappa shape index (κ3) is 6.76. The van der Waals surface area contributed by atoms with Crippen LogP contribution in [0.1, 0.15) is 26.7 Å². The van der Waals surface area contributed by atoms with Gasteiger partial charge in [0, 0.05) is 56.2 Å². The van der Waals surface area contributed by atoms with Crippen LogP contribution in [0.4, 0.5) is 11.4 Å². The molecular weight excluding hydrogens is 588 g/mol. The maximum Gasteiger partial charge on any atom is 0.307 e. The molecule has 2 heterocycles. The minimum atomic E-state index is -0.667. The Balaban J connectivity index is 0.000000201. The SMILES string of the molecule is [C-]#[N+]c1ccc2c(c1)c(Br)cn2CCC(=O)OC.[C-]#[N+]c1ccc2c(c1)c(Br)cn2CCC(C)(C)O. The van der Waals surface area contributed by atoms with Crippen molar-refractivity contribution < 1.29 is 14.6 Å². The molecule has 0 aliphatic carbocycles. The summed E-state index contributed by atoms with van der Waals surface area (Å²) in [6.45, 7) is 19.0. The fraction of sp³-hybridized carbons (Fsp3) is 0.296. The Labute approximate surface area is 227 Å². The molecule has 0 saturated carbocycles. The lowest BCUT2D eigenvalue weighted by Gasteiger charge is -2.17. The Morgan fingerprint density at radius 2 is 1.42 bits per heavy atom. The molecule has 1 N–H and O–H groups in total. The van der Waals surface area contributed by atoms with Gasteiger partial charge in [0.05, 0.1) is 32.3 Å². The van der Waals surface area contributed by atoms with Gasteiger partial charge in [-0.1, -0.05) is 12.1 Å². The van der Waals surface area contributed by atoms with Crippen molar-refractivity contribution >= 4 is 71.0 Å². The second-order valence-corrected chi connectivity index (χ2v) is 10.6. The van der Waals surface area contributed by atoms with E-state index in [1.165, 1.54) is 7.11 Å². The minimum absolute atomic E-state index is 0.231. The third-order valence-corrected chi connectivity index (χ3v) is 6.90. The van der Waals surface area contributed by atoms with Gasteiger partial charge in [0.25, 0.3) is 0 Å². The van der Waals surface area contributed by atoms with Crippen molar-refractivity contribution in [2.24, 2.45) is 0 Å². The summed E-state index contributed by atoms with van der Waals surface area (Å²) in [6, 6.07) is 11.2. The number of nitrogens with zero attached hydrogens (tertiary/aromatic N) is 4. The molecule has 0 atom stereocenters. The minimum Gasteiger partial charge on any atom is -0.469 e. The quantitative estimate of drug-likeness (QED) is 0.180. The van der Waals surface area contributed by atoms with Gasteiger partial charge in [-0.2, -0.15) is 0 Å². The van der Waals surface area contributed by atoms with E-state index in [0.717, 1.165) is 37.3 Å². The Hall–Kier alpha value is -3.11. The fourth-order valence-corrected chi connectivity index (χ4v) is 4.83. The standard InChI is InChI=1S/C14H15BrN2O.C13H11BrN2O2/c1-14(2,18)6-7-17-9-12(15)11-8-10(16-3)4-5-13(11)17;1-15-9-3-4-12-10(7-9)11(14)8-16(12)6-5-13(17)18-2/h4-5,8-9,18H,6-7H2,1-2H3;3-4,7-8H,5-6H2,2H3. The van der Waals surface area contributed by atoms with Crippen molar-refractivity contribution in [3.8, 4) is 0 Å². The van der Waals surface area contributed by atoms with E-state index < -0.39 is 5.60 Å². The van der Waals surface area contributed by atoms with Crippen LogP contribution in [-0.4, -0.2) is 32.9 Å². The van der Waals surface area contributed by atoms with Gasteiger partial charge >= 0.3 is 5.97 Å². The number of carbonyl (C=O) groups excluding carboxylic acids is 1. The zero-order valence-corrected chi connectivity index (χ0v) is 23.4. The molecule has 0 aliphatic rings. The molecule has 0 unspecified atom stereocenters. The first-order chi connectivity index (χ1) is 17.1. The van der Waals surface area contributed by atoms with Crippen LogP contribution in [0, 0.1) is 13.1 Å². The van der Waals surface area contributed by atoms with Crippen molar-refractivity contribution in [2.45, 2.75) is 45.4 Å². The molecule has 0 bridgehead atoms. The van der Waals surface area contributed by atoms with E-state index in [4.69, 9.17) is 13.1 Å². The van der Waals surface area contributed by atoms with E-state index >= 15 is 0 Å². The smallest absolute Gasteiger partial charge is 0.307 e. The van der Waals surface area contributed by atoms with Gasteiger partial charge in [-0.15, -0.1) is 0 Å². The van der Waals surface area contributed by atoms with Crippen LogP contribution >= 0.6 is 31.9 Å². The number of hydrogen-bond acceptors (Lipinski definition) is 3. The predicted octanol–water partition coefficient (Wildman–Crippen LogP) is 7.63. The summed E-state index contributed by atoms with van der Waals surface area (Å²) in [5.74, 6) is -0.231. The zero-order valence-electron chi connectivity index (χ0n) is 20.3. The zero-order chi connectivity index (χ0) is 26.5. The number of halogens is 2. The van der Waals surface area contributed by atoms with Crippen LogP contribution in [0.5, 0.6) is 0 Å². The fourth-order valence-electron chi connectivity index (χ4n) is 3.70. The van der Waals surface area contributed by atoms with Crippen molar-refractivity contribution in [3.05, 3.63) is 80.6 Å². The summed E-state index contributed by atoms with van der Waals surface area (Å²) in [5, 5.41) is 11.8. The highest BCUT2D eigenvalue weighted by Gasteiger charge is 2.14. The van der Waals surface area contributed by atoms with Crippen LogP contribution in [0.15, 0.2) is 57.7 Å². The molecule has 0 spiro atoms. The topological polar surface area (TPSA) is 65.1 Å². The van der Waals surface area contributed by atoms with Gasteiger partial charge in [-0.3, -0.25) is 4.79 Å². The van der Waals surface area contributed by atoms with Crippen molar-refractivity contribution in [2.75, 3.05) is 7.11 Å². The van der Waals surface area contributed by atoms with E-state index in [0.29, 0.717) is 30.8 Å². The average Bonchev–Trinajstić information content (AvgIpc) is 3.36. The number of rotatable bonds is 6. The molecule has 0 saturated heterocycles. The number of methoxy groups -OCH3 is 1. The summed E-state index contributed by atoms with van der Waals surface area (Å²) in [4.78, 5) is 18.0. The van der Waals surface area contributed by atoms with Gasteiger partial charge in [0.1, 0.15) is 0 Å². The Morgan fingerprint density at radius 1 is 0.944 bits per heavy atom. The normalized spacial score (nSPS) is 11.0. The Kier molecular flexibility index (Phi) is 8.97. The van der Waals surface area contributed by atoms with Gasteiger partial charge in [-0.25, -0.2) is 9.69 Å². The molecular formula is C27H26Br2N4O3. The van der Waals surface area contributed by atoms with Gasteiger partial charge in [0.15, 0.2) is 11.4 Å². The maximum atomic E-state index is 11.1. The number of aromatic nitrogens is 2. The lowest BCUT2D eigenvalue weighted by molar-refractivity contribution is -0.140. The lowest BCUT2D eigenvalue weighted by atomic mass is 10.1. The molecule has 186 valence electrons. The van der Waals surface area contributed by atoms with E-state index in [1.807, 2.05) is 61.1 Å². The molecule has 36 heavy (non-hydrogen) atoms. The first-order valence-electron chi connectivity index (χ1n) is 11.2. The number of aliphatic hydroxyl groups is 1. The van der Waals surface area contributed by atoms with Gasteiger partial charge in [0.2, 0.25) is 0 Å². The molecule has 2 aromatic heterocycles. The first-order valence-corrected chi connectivity index (χ1v) is 12.8. The van der Waals surface area contributed by atoms with E-state index in [1.54, 1.807) is 6.07 Å². The molecule has 4 aromatic rings. The highest BCUT2D eigenvalue weighted by Crippen LogP contribution is 2.31.